The van der Waals surface area contributed by atoms with Crippen LogP contribution in [0.1, 0.15) is 34.6 Å². The van der Waals surface area contributed by atoms with Gasteiger partial charge in [-0.2, -0.15) is 0 Å². The van der Waals surface area contributed by atoms with Crippen LogP contribution < -0.4 is 5.32 Å². The fourth-order valence-electron chi connectivity index (χ4n) is 0.752. The van der Waals surface area contributed by atoms with E-state index in [1.54, 1.807) is 6.26 Å². The number of ether oxygens (including phenoxy) is 2. The molecule has 0 aromatic carbocycles. The molecule has 0 unspecified atom stereocenters. The topological polar surface area (TPSA) is 47.6 Å². The van der Waals surface area contributed by atoms with Gasteiger partial charge < -0.3 is 14.8 Å². The molecule has 0 aliphatic rings. The Balaban J connectivity index is 3.52. The third-order valence-electron chi connectivity index (χ3n) is 1.21. The highest BCUT2D eigenvalue weighted by Crippen LogP contribution is 2.05. The van der Waals surface area contributed by atoms with E-state index in [1.807, 2.05) is 34.6 Å². The first-order valence-electron chi connectivity index (χ1n) is 5.03. The molecule has 0 aliphatic carbocycles. The SMILES string of the molecule is CC(C)=COCCNC(=O)OC(C)(C)C. The van der Waals surface area contributed by atoms with Crippen molar-refractivity contribution >= 4 is 6.09 Å². The molecule has 4 nitrogen and oxygen atoms in total. The van der Waals surface area contributed by atoms with Gasteiger partial charge in [0.1, 0.15) is 12.2 Å². The second kappa shape index (κ2) is 6.32. The van der Waals surface area contributed by atoms with Crippen LogP contribution in [0.3, 0.4) is 0 Å². The first-order chi connectivity index (χ1) is 6.81. The van der Waals surface area contributed by atoms with Crippen molar-refractivity contribution in [2.75, 3.05) is 13.2 Å². The van der Waals surface area contributed by atoms with Crippen molar-refractivity contribution in [2.45, 2.75) is 40.2 Å². The minimum Gasteiger partial charge on any atom is -0.499 e. The molecule has 4 heteroatoms. The largest absolute Gasteiger partial charge is 0.499 e. The van der Waals surface area contributed by atoms with Crippen LogP contribution in [-0.4, -0.2) is 24.8 Å². The van der Waals surface area contributed by atoms with Gasteiger partial charge in [0, 0.05) is 0 Å². The Kier molecular flexibility index (Phi) is 5.82. The lowest BCUT2D eigenvalue weighted by atomic mass is 10.2. The zero-order valence-electron chi connectivity index (χ0n) is 10.2. The molecular formula is C11H21NO3. The molecule has 0 heterocycles. The van der Waals surface area contributed by atoms with Crippen LogP contribution in [0, 0.1) is 0 Å². The lowest BCUT2D eigenvalue weighted by Crippen LogP contribution is -2.34. The molecule has 0 aromatic rings. The van der Waals surface area contributed by atoms with Crippen LogP contribution in [-0.2, 0) is 9.47 Å². The van der Waals surface area contributed by atoms with Gasteiger partial charge in [-0.1, -0.05) is 0 Å². The lowest BCUT2D eigenvalue weighted by molar-refractivity contribution is 0.0516. The van der Waals surface area contributed by atoms with Gasteiger partial charge in [-0.05, 0) is 40.2 Å². The summed E-state index contributed by atoms with van der Waals surface area (Å²) in [5.74, 6) is 0. The number of alkyl carbamates (subject to hydrolysis) is 1. The van der Waals surface area contributed by atoms with Crippen LogP contribution >= 0.6 is 0 Å². The summed E-state index contributed by atoms with van der Waals surface area (Å²) >= 11 is 0. The third-order valence-corrected chi connectivity index (χ3v) is 1.21. The summed E-state index contributed by atoms with van der Waals surface area (Å²) in [6.07, 6.45) is 1.25. The molecule has 0 saturated carbocycles. The van der Waals surface area contributed by atoms with Crippen molar-refractivity contribution in [3.8, 4) is 0 Å². The van der Waals surface area contributed by atoms with E-state index in [4.69, 9.17) is 9.47 Å². The molecule has 0 aliphatic heterocycles. The fourth-order valence-corrected chi connectivity index (χ4v) is 0.752. The maximum Gasteiger partial charge on any atom is 0.407 e. The number of hydrogen-bond donors (Lipinski definition) is 1. The first-order valence-corrected chi connectivity index (χ1v) is 5.03. The van der Waals surface area contributed by atoms with E-state index in [1.165, 1.54) is 0 Å². The van der Waals surface area contributed by atoms with Gasteiger partial charge >= 0.3 is 6.09 Å². The third kappa shape index (κ3) is 10.7. The zero-order valence-corrected chi connectivity index (χ0v) is 10.2. The Morgan fingerprint density at radius 3 is 2.40 bits per heavy atom. The normalized spacial score (nSPS) is 10.5. The Morgan fingerprint density at radius 1 is 1.33 bits per heavy atom. The summed E-state index contributed by atoms with van der Waals surface area (Å²) in [5.41, 5.74) is 0.637. The van der Waals surface area contributed by atoms with E-state index in [0.29, 0.717) is 13.2 Å². The molecule has 15 heavy (non-hydrogen) atoms. The number of allylic oxidation sites excluding steroid dienone is 1. The molecule has 1 amide bonds. The first kappa shape index (κ1) is 13.8. The van der Waals surface area contributed by atoms with Crippen LogP contribution in [0.2, 0.25) is 0 Å². The molecule has 88 valence electrons. The van der Waals surface area contributed by atoms with Gasteiger partial charge in [0.05, 0.1) is 12.8 Å². The van der Waals surface area contributed by atoms with E-state index in [9.17, 15) is 4.79 Å². The summed E-state index contributed by atoms with van der Waals surface area (Å²) in [7, 11) is 0. The number of rotatable bonds is 4. The minimum atomic E-state index is -0.454. The number of carbonyl (C=O) groups is 1. The van der Waals surface area contributed by atoms with Gasteiger partial charge in [-0.3, -0.25) is 0 Å². The fraction of sp³-hybridized carbons (Fsp3) is 0.727. The number of nitrogens with one attached hydrogen (secondary N) is 1. The second-order valence-corrected chi connectivity index (χ2v) is 4.49. The molecule has 0 rings (SSSR count). The minimum absolute atomic E-state index is 0.414. The van der Waals surface area contributed by atoms with Gasteiger partial charge in [0.25, 0.3) is 0 Å². The number of hydrogen-bond acceptors (Lipinski definition) is 3. The molecule has 0 spiro atoms. The Hall–Kier alpha value is -1.19. The number of carbonyl (C=O) groups excluding carboxylic acids is 1. The average molecular weight is 215 g/mol. The van der Waals surface area contributed by atoms with Crippen molar-refractivity contribution in [3.63, 3.8) is 0 Å². The van der Waals surface area contributed by atoms with E-state index in [0.717, 1.165) is 5.57 Å². The van der Waals surface area contributed by atoms with E-state index >= 15 is 0 Å². The zero-order chi connectivity index (χ0) is 11.9. The van der Waals surface area contributed by atoms with Crippen LogP contribution in [0.5, 0.6) is 0 Å². The van der Waals surface area contributed by atoms with E-state index in [2.05, 4.69) is 5.32 Å². The second-order valence-electron chi connectivity index (χ2n) is 4.49. The Morgan fingerprint density at radius 2 is 1.93 bits per heavy atom. The molecular weight excluding hydrogens is 194 g/mol. The van der Waals surface area contributed by atoms with Crippen LogP contribution in [0.25, 0.3) is 0 Å². The Labute approximate surface area is 91.6 Å². The smallest absolute Gasteiger partial charge is 0.407 e. The highest BCUT2D eigenvalue weighted by atomic mass is 16.6. The predicted molar refractivity (Wildman–Crippen MR) is 59.6 cm³/mol. The summed E-state index contributed by atoms with van der Waals surface area (Å²) in [6.45, 7) is 10.3. The number of amides is 1. The van der Waals surface area contributed by atoms with Gasteiger partial charge in [-0.15, -0.1) is 0 Å². The molecule has 1 N–H and O–H groups in total. The van der Waals surface area contributed by atoms with Crippen molar-refractivity contribution in [3.05, 3.63) is 11.8 Å². The molecule has 0 fully saturated rings. The summed E-state index contributed by atoms with van der Waals surface area (Å²) in [5, 5.41) is 2.60. The van der Waals surface area contributed by atoms with Crippen molar-refractivity contribution in [1.82, 2.24) is 5.32 Å². The lowest BCUT2D eigenvalue weighted by Gasteiger charge is -2.19. The highest BCUT2D eigenvalue weighted by Gasteiger charge is 2.15. The average Bonchev–Trinajstić information content (AvgIpc) is 1.99. The van der Waals surface area contributed by atoms with E-state index in [-0.39, 0.29) is 0 Å². The summed E-state index contributed by atoms with van der Waals surface area (Å²) < 4.78 is 10.2. The maximum atomic E-state index is 11.2. The highest BCUT2D eigenvalue weighted by molar-refractivity contribution is 5.67. The quantitative estimate of drug-likeness (QED) is 0.579. The maximum absolute atomic E-state index is 11.2. The Bertz CT molecular complexity index is 224. The van der Waals surface area contributed by atoms with Crippen molar-refractivity contribution < 1.29 is 14.3 Å². The van der Waals surface area contributed by atoms with Crippen LogP contribution in [0.4, 0.5) is 4.79 Å². The molecule has 0 radical (unpaired) electrons. The van der Waals surface area contributed by atoms with Crippen molar-refractivity contribution in [2.24, 2.45) is 0 Å². The van der Waals surface area contributed by atoms with Gasteiger partial charge in [-0.25, -0.2) is 4.79 Å². The monoisotopic (exact) mass is 215 g/mol. The van der Waals surface area contributed by atoms with Gasteiger partial charge in [0.15, 0.2) is 0 Å². The standard InChI is InChI=1S/C11H21NO3/c1-9(2)8-14-7-6-12-10(13)15-11(3,4)5/h8H,6-7H2,1-5H3,(H,12,13). The summed E-state index contributed by atoms with van der Waals surface area (Å²) in [6, 6.07) is 0. The molecule has 0 saturated heterocycles. The van der Waals surface area contributed by atoms with Crippen LogP contribution in [0.15, 0.2) is 11.8 Å². The molecule has 0 aromatic heterocycles. The predicted octanol–water partition coefficient (Wildman–Crippen LogP) is 2.45. The molecule has 0 bridgehead atoms. The van der Waals surface area contributed by atoms with E-state index < -0.39 is 11.7 Å². The molecule has 0 atom stereocenters. The van der Waals surface area contributed by atoms with Crippen molar-refractivity contribution in [1.29, 1.82) is 0 Å². The summed E-state index contributed by atoms with van der Waals surface area (Å²) in [4.78, 5) is 11.2. The van der Waals surface area contributed by atoms with Gasteiger partial charge in [0.2, 0.25) is 0 Å².